The summed E-state index contributed by atoms with van der Waals surface area (Å²) in [5.74, 6) is -0.258. The second kappa shape index (κ2) is 7.10. The van der Waals surface area contributed by atoms with Gasteiger partial charge in [0.1, 0.15) is 0 Å². The lowest BCUT2D eigenvalue weighted by molar-refractivity contribution is -0.138. The van der Waals surface area contributed by atoms with Gasteiger partial charge < -0.3 is 10.5 Å². The quantitative estimate of drug-likeness (QED) is 0.854. The molecule has 108 valence electrons. The van der Waals surface area contributed by atoms with Crippen LogP contribution in [0.2, 0.25) is 0 Å². The Labute approximate surface area is 120 Å². The fourth-order valence-corrected chi connectivity index (χ4v) is 2.48. The third-order valence-corrected chi connectivity index (χ3v) is 3.45. The van der Waals surface area contributed by atoms with Crippen molar-refractivity contribution < 1.29 is 9.53 Å². The number of rotatable bonds is 4. The first-order valence-corrected chi connectivity index (χ1v) is 7.11. The minimum absolute atomic E-state index is 0.258. The van der Waals surface area contributed by atoms with E-state index in [4.69, 9.17) is 10.5 Å². The van der Waals surface area contributed by atoms with E-state index in [1.165, 1.54) is 5.56 Å². The first-order chi connectivity index (χ1) is 9.70. The molecule has 0 saturated heterocycles. The maximum absolute atomic E-state index is 11.8. The average molecular weight is 274 g/mol. The molecule has 1 heterocycles. The van der Waals surface area contributed by atoms with E-state index in [0.717, 1.165) is 19.5 Å². The second-order valence-corrected chi connectivity index (χ2v) is 5.02. The first kappa shape index (κ1) is 14.6. The van der Waals surface area contributed by atoms with Crippen LogP contribution in [-0.2, 0) is 16.1 Å². The third-order valence-electron chi connectivity index (χ3n) is 3.45. The SMILES string of the molecule is CCOC(=O)C1=C(N)CN(Cc2ccccc2)CCC1. The van der Waals surface area contributed by atoms with Gasteiger partial charge in [-0.05, 0) is 31.9 Å². The molecular weight excluding hydrogens is 252 g/mol. The minimum Gasteiger partial charge on any atom is -0.463 e. The van der Waals surface area contributed by atoms with E-state index < -0.39 is 0 Å². The van der Waals surface area contributed by atoms with Gasteiger partial charge in [0.15, 0.2) is 0 Å². The summed E-state index contributed by atoms with van der Waals surface area (Å²) in [5.41, 5.74) is 8.66. The maximum Gasteiger partial charge on any atom is 0.335 e. The molecule has 0 fully saturated rings. The van der Waals surface area contributed by atoms with E-state index in [9.17, 15) is 4.79 Å². The van der Waals surface area contributed by atoms with Crippen LogP contribution in [0.25, 0.3) is 0 Å². The zero-order valence-corrected chi connectivity index (χ0v) is 12.0. The molecule has 1 aromatic rings. The van der Waals surface area contributed by atoms with Gasteiger partial charge in [-0.2, -0.15) is 0 Å². The van der Waals surface area contributed by atoms with Crippen LogP contribution in [0.5, 0.6) is 0 Å². The van der Waals surface area contributed by atoms with Gasteiger partial charge in [0, 0.05) is 18.8 Å². The number of nitrogens with zero attached hydrogens (tertiary/aromatic N) is 1. The van der Waals surface area contributed by atoms with Crippen LogP contribution in [0.1, 0.15) is 25.3 Å². The van der Waals surface area contributed by atoms with Crippen LogP contribution < -0.4 is 5.73 Å². The lowest BCUT2D eigenvalue weighted by Gasteiger charge is -2.20. The highest BCUT2D eigenvalue weighted by atomic mass is 16.5. The van der Waals surface area contributed by atoms with Crippen molar-refractivity contribution in [1.29, 1.82) is 0 Å². The Morgan fingerprint density at radius 2 is 2.10 bits per heavy atom. The van der Waals surface area contributed by atoms with E-state index in [1.807, 2.05) is 25.1 Å². The van der Waals surface area contributed by atoms with Gasteiger partial charge in [0.2, 0.25) is 0 Å². The Balaban J connectivity index is 2.04. The van der Waals surface area contributed by atoms with Crippen LogP contribution in [0, 0.1) is 0 Å². The summed E-state index contributed by atoms with van der Waals surface area (Å²) in [5, 5.41) is 0. The summed E-state index contributed by atoms with van der Waals surface area (Å²) in [4.78, 5) is 14.1. The van der Waals surface area contributed by atoms with Gasteiger partial charge in [-0.25, -0.2) is 4.79 Å². The molecular formula is C16H22N2O2. The highest BCUT2D eigenvalue weighted by Gasteiger charge is 2.20. The molecule has 0 unspecified atom stereocenters. The summed E-state index contributed by atoms with van der Waals surface area (Å²) in [6, 6.07) is 10.3. The Bertz CT molecular complexity index is 483. The van der Waals surface area contributed by atoms with Crippen molar-refractivity contribution in [2.75, 3.05) is 19.7 Å². The number of nitrogens with two attached hydrogens (primary N) is 1. The predicted molar refractivity (Wildman–Crippen MR) is 78.8 cm³/mol. The summed E-state index contributed by atoms with van der Waals surface area (Å²) in [6.45, 7) is 4.63. The molecule has 4 nitrogen and oxygen atoms in total. The Morgan fingerprint density at radius 1 is 1.35 bits per heavy atom. The van der Waals surface area contributed by atoms with E-state index in [-0.39, 0.29) is 5.97 Å². The lowest BCUT2D eigenvalue weighted by Crippen LogP contribution is -2.28. The van der Waals surface area contributed by atoms with Crippen molar-refractivity contribution in [2.24, 2.45) is 5.73 Å². The molecule has 4 heteroatoms. The zero-order chi connectivity index (χ0) is 14.4. The van der Waals surface area contributed by atoms with Gasteiger partial charge in [-0.15, -0.1) is 0 Å². The third kappa shape index (κ3) is 3.84. The number of carbonyl (C=O) groups excluding carboxylic acids is 1. The van der Waals surface area contributed by atoms with Crippen molar-refractivity contribution >= 4 is 5.97 Å². The fourth-order valence-electron chi connectivity index (χ4n) is 2.48. The van der Waals surface area contributed by atoms with Gasteiger partial charge >= 0.3 is 5.97 Å². The van der Waals surface area contributed by atoms with Crippen LogP contribution in [-0.4, -0.2) is 30.6 Å². The molecule has 0 aliphatic carbocycles. The minimum atomic E-state index is -0.258. The van der Waals surface area contributed by atoms with Crippen molar-refractivity contribution in [3.63, 3.8) is 0 Å². The second-order valence-electron chi connectivity index (χ2n) is 5.02. The number of hydrogen-bond donors (Lipinski definition) is 1. The highest BCUT2D eigenvalue weighted by molar-refractivity contribution is 5.89. The topological polar surface area (TPSA) is 55.6 Å². The van der Waals surface area contributed by atoms with Crippen LogP contribution in [0.15, 0.2) is 41.6 Å². The lowest BCUT2D eigenvalue weighted by atomic mass is 10.1. The number of hydrogen-bond acceptors (Lipinski definition) is 4. The Kier molecular flexibility index (Phi) is 5.18. The van der Waals surface area contributed by atoms with Crippen molar-refractivity contribution in [3.05, 3.63) is 47.2 Å². The Hall–Kier alpha value is -1.81. The zero-order valence-electron chi connectivity index (χ0n) is 12.0. The van der Waals surface area contributed by atoms with E-state index in [2.05, 4.69) is 17.0 Å². The molecule has 1 aliphatic heterocycles. The normalized spacial score (nSPS) is 16.9. The van der Waals surface area contributed by atoms with Crippen LogP contribution in [0.3, 0.4) is 0 Å². The van der Waals surface area contributed by atoms with Crippen molar-refractivity contribution in [1.82, 2.24) is 4.90 Å². The summed E-state index contributed by atoms with van der Waals surface area (Å²) in [7, 11) is 0. The standard InChI is InChI=1S/C16H22N2O2/c1-2-20-16(19)14-9-6-10-18(12-15(14)17)11-13-7-4-3-5-8-13/h3-5,7-8H,2,6,9-12,17H2,1H3. The van der Waals surface area contributed by atoms with Crippen LogP contribution in [0.4, 0.5) is 0 Å². The smallest absolute Gasteiger partial charge is 0.335 e. The van der Waals surface area contributed by atoms with E-state index in [0.29, 0.717) is 30.8 Å². The number of benzene rings is 1. The monoisotopic (exact) mass is 274 g/mol. The van der Waals surface area contributed by atoms with Gasteiger partial charge in [-0.3, -0.25) is 4.90 Å². The van der Waals surface area contributed by atoms with Gasteiger partial charge in [-0.1, -0.05) is 30.3 Å². The van der Waals surface area contributed by atoms with Crippen LogP contribution >= 0.6 is 0 Å². The summed E-state index contributed by atoms with van der Waals surface area (Å²) in [6.07, 6.45) is 1.64. The summed E-state index contributed by atoms with van der Waals surface area (Å²) < 4.78 is 5.07. The molecule has 0 saturated carbocycles. The van der Waals surface area contributed by atoms with Gasteiger partial charge in [0.25, 0.3) is 0 Å². The molecule has 0 atom stereocenters. The van der Waals surface area contributed by atoms with Crippen molar-refractivity contribution in [2.45, 2.75) is 26.3 Å². The van der Waals surface area contributed by atoms with E-state index in [1.54, 1.807) is 0 Å². The molecule has 20 heavy (non-hydrogen) atoms. The van der Waals surface area contributed by atoms with E-state index >= 15 is 0 Å². The molecule has 0 aromatic heterocycles. The molecule has 0 radical (unpaired) electrons. The number of ether oxygens (including phenoxy) is 1. The van der Waals surface area contributed by atoms with Gasteiger partial charge in [0.05, 0.1) is 12.2 Å². The molecule has 0 bridgehead atoms. The molecule has 1 aliphatic rings. The highest BCUT2D eigenvalue weighted by Crippen LogP contribution is 2.18. The first-order valence-electron chi connectivity index (χ1n) is 7.11. The number of esters is 1. The molecule has 2 N–H and O–H groups in total. The number of carbonyl (C=O) groups is 1. The maximum atomic E-state index is 11.8. The molecule has 1 aromatic carbocycles. The summed E-state index contributed by atoms with van der Waals surface area (Å²) >= 11 is 0. The fraction of sp³-hybridized carbons (Fsp3) is 0.438. The molecule has 2 rings (SSSR count). The predicted octanol–water partition coefficient (Wildman–Crippen LogP) is 2.06. The largest absolute Gasteiger partial charge is 0.463 e. The molecule has 0 amide bonds. The molecule has 0 spiro atoms. The van der Waals surface area contributed by atoms with Crippen molar-refractivity contribution in [3.8, 4) is 0 Å². The Morgan fingerprint density at radius 3 is 2.80 bits per heavy atom. The average Bonchev–Trinajstić information content (AvgIpc) is 2.61.